The predicted octanol–water partition coefficient (Wildman–Crippen LogP) is 1.72. The first kappa shape index (κ1) is 19.7. The maximum atomic E-state index is 12.6. The summed E-state index contributed by atoms with van der Waals surface area (Å²) in [6, 6.07) is 6.93. The molecule has 6 nitrogen and oxygen atoms in total. The van der Waals surface area contributed by atoms with Crippen LogP contribution in [0.15, 0.2) is 24.3 Å². The lowest BCUT2D eigenvalue weighted by Crippen LogP contribution is -2.47. The number of rotatable bonds is 6. The van der Waals surface area contributed by atoms with Gasteiger partial charge in [-0.15, -0.1) is 0 Å². The Labute approximate surface area is 143 Å². The SMILES string of the molecule is CC(=O)N[C@H](CCC(N)=O)C(=O)N(C)c1ccc(C(C)(C)C)cc1. The molecular formula is C18H27N3O3. The number of hydrogen-bond acceptors (Lipinski definition) is 3. The molecule has 0 radical (unpaired) electrons. The highest BCUT2D eigenvalue weighted by molar-refractivity contribution is 5.98. The number of primary amides is 1. The summed E-state index contributed by atoms with van der Waals surface area (Å²) in [5, 5.41) is 2.58. The Morgan fingerprint density at radius 1 is 1.17 bits per heavy atom. The number of carbonyl (C=O) groups excluding carboxylic acids is 3. The molecule has 0 fully saturated rings. The second-order valence-electron chi connectivity index (χ2n) is 6.95. The van der Waals surface area contributed by atoms with E-state index in [0.29, 0.717) is 0 Å². The number of anilines is 1. The molecule has 1 atom stereocenters. The number of hydrogen-bond donors (Lipinski definition) is 2. The average Bonchev–Trinajstić information content (AvgIpc) is 2.48. The minimum atomic E-state index is -0.776. The summed E-state index contributed by atoms with van der Waals surface area (Å²) in [5.74, 6) is -1.11. The van der Waals surface area contributed by atoms with Crippen molar-refractivity contribution in [2.24, 2.45) is 5.73 Å². The summed E-state index contributed by atoms with van der Waals surface area (Å²) in [4.78, 5) is 36.4. The Morgan fingerprint density at radius 2 is 1.71 bits per heavy atom. The Kier molecular flexibility index (Phi) is 6.51. The van der Waals surface area contributed by atoms with Crippen molar-refractivity contribution in [3.05, 3.63) is 29.8 Å². The van der Waals surface area contributed by atoms with Gasteiger partial charge in [0.1, 0.15) is 6.04 Å². The Hall–Kier alpha value is -2.37. The molecule has 0 aliphatic carbocycles. The first-order valence-electron chi connectivity index (χ1n) is 7.96. The first-order chi connectivity index (χ1) is 11.0. The smallest absolute Gasteiger partial charge is 0.249 e. The zero-order chi connectivity index (χ0) is 18.5. The highest BCUT2D eigenvalue weighted by Gasteiger charge is 2.24. The predicted molar refractivity (Wildman–Crippen MR) is 94.6 cm³/mol. The van der Waals surface area contributed by atoms with E-state index in [1.54, 1.807) is 7.05 Å². The molecule has 0 saturated carbocycles. The molecule has 0 unspecified atom stereocenters. The molecule has 24 heavy (non-hydrogen) atoms. The first-order valence-corrected chi connectivity index (χ1v) is 7.96. The van der Waals surface area contributed by atoms with Crippen LogP contribution in [0.1, 0.15) is 46.1 Å². The summed E-state index contributed by atoms with van der Waals surface area (Å²) in [6.07, 6.45) is 0.214. The lowest BCUT2D eigenvalue weighted by Gasteiger charge is -2.25. The number of nitrogens with zero attached hydrogens (tertiary/aromatic N) is 1. The lowest BCUT2D eigenvalue weighted by molar-refractivity contribution is -0.127. The van der Waals surface area contributed by atoms with Gasteiger partial charge in [0.05, 0.1) is 0 Å². The van der Waals surface area contributed by atoms with Crippen LogP contribution in [-0.2, 0) is 19.8 Å². The van der Waals surface area contributed by atoms with Gasteiger partial charge < -0.3 is 16.0 Å². The van der Waals surface area contributed by atoms with Gasteiger partial charge in [0.2, 0.25) is 17.7 Å². The van der Waals surface area contributed by atoms with Crippen LogP contribution in [0.3, 0.4) is 0 Å². The van der Waals surface area contributed by atoms with Crippen LogP contribution in [-0.4, -0.2) is 30.8 Å². The molecule has 0 aliphatic rings. The Bertz CT molecular complexity index is 603. The number of amides is 3. The highest BCUT2D eigenvalue weighted by Crippen LogP contribution is 2.25. The number of nitrogens with two attached hydrogens (primary N) is 1. The van der Waals surface area contributed by atoms with E-state index in [-0.39, 0.29) is 30.1 Å². The van der Waals surface area contributed by atoms with Gasteiger partial charge in [0.15, 0.2) is 0 Å². The maximum absolute atomic E-state index is 12.6. The molecule has 0 bridgehead atoms. The minimum absolute atomic E-state index is 0.0291. The van der Waals surface area contributed by atoms with Crippen molar-refractivity contribution in [2.75, 3.05) is 11.9 Å². The Balaban J connectivity index is 2.92. The maximum Gasteiger partial charge on any atom is 0.249 e. The normalized spacial score (nSPS) is 12.4. The summed E-state index contributed by atoms with van der Waals surface area (Å²) in [7, 11) is 1.65. The van der Waals surface area contributed by atoms with Crippen LogP contribution in [0.25, 0.3) is 0 Å². The lowest BCUT2D eigenvalue weighted by atomic mass is 9.87. The van der Waals surface area contributed by atoms with Crippen LogP contribution >= 0.6 is 0 Å². The van der Waals surface area contributed by atoms with E-state index in [4.69, 9.17) is 5.73 Å². The van der Waals surface area contributed by atoms with Crippen molar-refractivity contribution >= 4 is 23.4 Å². The molecule has 1 aromatic carbocycles. The average molecular weight is 333 g/mol. The molecule has 0 heterocycles. The molecule has 0 aromatic heterocycles. The fourth-order valence-electron chi connectivity index (χ4n) is 2.34. The molecule has 132 valence electrons. The van der Waals surface area contributed by atoms with E-state index in [9.17, 15) is 14.4 Å². The summed E-state index contributed by atoms with van der Waals surface area (Å²) in [5.41, 5.74) is 7.06. The van der Waals surface area contributed by atoms with E-state index in [1.807, 2.05) is 24.3 Å². The Morgan fingerprint density at radius 3 is 2.12 bits per heavy atom. The van der Waals surface area contributed by atoms with Gasteiger partial charge in [-0.1, -0.05) is 32.9 Å². The summed E-state index contributed by atoms with van der Waals surface area (Å²) >= 11 is 0. The number of likely N-dealkylation sites (N-methyl/N-ethyl adjacent to an activating group) is 1. The van der Waals surface area contributed by atoms with Crippen LogP contribution in [0.4, 0.5) is 5.69 Å². The number of nitrogens with one attached hydrogen (secondary N) is 1. The van der Waals surface area contributed by atoms with Crippen molar-refractivity contribution in [1.82, 2.24) is 5.32 Å². The minimum Gasteiger partial charge on any atom is -0.370 e. The third kappa shape index (κ3) is 5.68. The van der Waals surface area contributed by atoms with Crippen molar-refractivity contribution < 1.29 is 14.4 Å². The third-order valence-electron chi connectivity index (χ3n) is 3.81. The quantitative estimate of drug-likeness (QED) is 0.830. The highest BCUT2D eigenvalue weighted by atomic mass is 16.2. The molecule has 3 amide bonds. The fourth-order valence-corrected chi connectivity index (χ4v) is 2.34. The number of carbonyl (C=O) groups is 3. The van der Waals surface area contributed by atoms with Crippen LogP contribution in [0.5, 0.6) is 0 Å². The van der Waals surface area contributed by atoms with Crippen molar-refractivity contribution in [1.29, 1.82) is 0 Å². The van der Waals surface area contributed by atoms with Crippen LogP contribution in [0, 0.1) is 0 Å². The molecular weight excluding hydrogens is 306 g/mol. The van der Waals surface area contributed by atoms with Gasteiger partial charge >= 0.3 is 0 Å². The second-order valence-corrected chi connectivity index (χ2v) is 6.95. The molecule has 3 N–H and O–H groups in total. The van der Waals surface area contributed by atoms with Gasteiger partial charge in [-0.3, -0.25) is 14.4 Å². The molecule has 6 heteroatoms. The molecule has 0 spiro atoms. The van der Waals surface area contributed by atoms with E-state index in [2.05, 4.69) is 26.1 Å². The van der Waals surface area contributed by atoms with E-state index < -0.39 is 11.9 Å². The third-order valence-corrected chi connectivity index (χ3v) is 3.81. The largest absolute Gasteiger partial charge is 0.370 e. The van der Waals surface area contributed by atoms with Crippen molar-refractivity contribution in [3.63, 3.8) is 0 Å². The van der Waals surface area contributed by atoms with Crippen LogP contribution < -0.4 is 16.0 Å². The standard InChI is InChI=1S/C18H27N3O3/c1-12(22)20-15(10-11-16(19)23)17(24)21(5)14-8-6-13(7-9-14)18(2,3)4/h6-9,15H,10-11H2,1-5H3,(H2,19,23)(H,20,22)/t15-/m1/s1. The number of benzene rings is 1. The zero-order valence-electron chi connectivity index (χ0n) is 15.1. The fraction of sp³-hybridized carbons (Fsp3) is 0.500. The molecule has 1 aromatic rings. The van der Waals surface area contributed by atoms with E-state index in [1.165, 1.54) is 17.4 Å². The molecule has 0 aliphatic heterocycles. The van der Waals surface area contributed by atoms with Gasteiger partial charge in [0.25, 0.3) is 0 Å². The van der Waals surface area contributed by atoms with E-state index >= 15 is 0 Å². The van der Waals surface area contributed by atoms with E-state index in [0.717, 1.165) is 5.69 Å². The van der Waals surface area contributed by atoms with Crippen molar-refractivity contribution in [2.45, 2.75) is 52.0 Å². The second kappa shape index (κ2) is 7.95. The zero-order valence-corrected chi connectivity index (χ0v) is 15.1. The monoisotopic (exact) mass is 333 g/mol. The molecule has 1 rings (SSSR count). The van der Waals surface area contributed by atoms with Gasteiger partial charge in [0, 0.05) is 26.1 Å². The van der Waals surface area contributed by atoms with Crippen molar-refractivity contribution in [3.8, 4) is 0 Å². The van der Waals surface area contributed by atoms with Gasteiger partial charge in [-0.05, 0) is 29.5 Å². The van der Waals surface area contributed by atoms with Gasteiger partial charge in [-0.2, -0.15) is 0 Å². The van der Waals surface area contributed by atoms with Crippen LogP contribution in [0.2, 0.25) is 0 Å². The summed E-state index contributed by atoms with van der Waals surface area (Å²) in [6.45, 7) is 7.69. The topological polar surface area (TPSA) is 92.5 Å². The van der Waals surface area contributed by atoms with Gasteiger partial charge in [-0.25, -0.2) is 0 Å². The molecule has 0 saturated heterocycles. The summed E-state index contributed by atoms with van der Waals surface area (Å²) < 4.78 is 0.